The standard InChI is InChI=1S/C3H4ClO/c4-2-1-3-5/h1-2H,3H2/b2-1+. The van der Waals surface area contributed by atoms with E-state index >= 15 is 0 Å². The van der Waals surface area contributed by atoms with E-state index in [1.165, 1.54) is 11.6 Å². The van der Waals surface area contributed by atoms with Gasteiger partial charge in [-0.25, -0.2) is 5.11 Å². The van der Waals surface area contributed by atoms with Gasteiger partial charge < -0.3 is 0 Å². The third-order valence-corrected chi connectivity index (χ3v) is 0.363. The Morgan fingerprint density at radius 2 is 2.40 bits per heavy atom. The van der Waals surface area contributed by atoms with Gasteiger partial charge in [-0.15, -0.1) is 0 Å². The lowest BCUT2D eigenvalue weighted by Crippen LogP contribution is -1.60. The topological polar surface area (TPSA) is 19.9 Å². The van der Waals surface area contributed by atoms with Gasteiger partial charge in [0.25, 0.3) is 0 Å². The van der Waals surface area contributed by atoms with Crippen LogP contribution in [0.5, 0.6) is 0 Å². The molecule has 0 spiro atoms. The summed E-state index contributed by atoms with van der Waals surface area (Å²) in [6.07, 6.45) is 1.33. The van der Waals surface area contributed by atoms with E-state index in [4.69, 9.17) is 11.6 Å². The molecule has 1 radical (unpaired) electrons. The van der Waals surface area contributed by atoms with Gasteiger partial charge in [0.05, 0.1) is 0 Å². The van der Waals surface area contributed by atoms with Gasteiger partial charge in [-0.1, -0.05) is 11.6 Å². The van der Waals surface area contributed by atoms with Crippen LogP contribution in [0.1, 0.15) is 0 Å². The molecule has 0 saturated heterocycles. The maximum absolute atomic E-state index is 9.36. The predicted octanol–water partition coefficient (Wildman–Crippen LogP) is 1.17. The van der Waals surface area contributed by atoms with Crippen molar-refractivity contribution in [2.45, 2.75) is 0 Å². The van der Waals surface area contributed by atoms with Gasteiger partial charge >= 0.3 is 0 Å². The van der Waals surface area contributed by atoms with Crippen LogP contribution in [0.3, 0.4) is 0 Å². The summed E-state index contributed by atoms with van der Waals surface area (Å²) in [7, 11) is 0. The fraction of sp³-hybridized carbons (Fsp3) is 0.333. The second-order valence-electron chi connectivity index (χ2n) is 0.528. The first-order chi connectivity index (χ1) is 2.41. The molecule has 0 aliphatic rings. The molecule has 29 valence electrons. The van der Waals surface area contributed by atoms with Gasteiger partial charge in [0, 0.05) is 5.54 Å². The van der Waals surface area contributed by atoms with Crippen molar-refractivity contribution < 1.29 is 5.11 Å². The van der Waals surface area contributed by atoms with E-state index in [9.17, 15) is 5.11 Å². The summed E-state index contributed by atoms with van der Waals surface area (Å²) in [6.45, 7) is -0.219. The maximum Gasteiger partial charge on any atom is 0.102 e. The van der Waals surface area contributed by atoms with Crippen molar-refractivity contribution in [3.8, 4) is 0 Å². The molecular formula is C3H4ClO. The van der Waals surface area contributed by atoms with Crippen molar-refractivity contribution in [3.63, 3.8) is 0 Å². The van der Waals surface area contributed by atoms with E-state index in [-0.39, 0.29) is 6.61 Å². The zero-order valence-electron chi connectivity index (χ0n) is 2.65. The molecule has 0 aromatic heterocycles. The van der Waals surface area contributed by atoms with Gasteiger partial charge in [0.2, 0.25) is 0 Å². The Hall–Kier alpha value is -0.0100. The molecule has 1 nitrogen and oxygen atoms in total. The highest BCUT2D eigenvalue weighted by Crippen LogP contribution is 1.72. The lowest BCUT2D eigenvalue weighted by molar-refractivity contribution is 0.232. The highest BCUT2D eigenvalue weighted by Gasteiger charge is 1.57. The minimum absolute atomic E-state index is 0.219. The molecule has 0 saturated carbocycles. The molecule has 0 aliphatic carbocycles. The Kier molecular flexibility index (Phi) is 3.98. The zero-order valence-corrected chi connectivity index (χ0v) is 3.40. The molecule has 0 aromatic rings. The molecule has 2 heteroatoms. The van der Waals surface area contributed by atoms with Crippen LogP contribution in [0.15, 0.2) is 11.6 Å². The molecule has 0 bridgehead atoms. The number of halogens is 1. The highest BCUT2D eigenvalue weighted by molar-refractivity contribution is 6.25. The molecule has 5 heavy (non-hydrogen) atoms. The van der Waals surface area contributed by atoms with E-state index in [1.54, 1.807) is 0 Å². The van der Waals surface area contributed by atoms with Gasteiger partial charge in [-0.05, 0) is 6.08 Å². The monoisotopic (exact) mass is 91.0 g/mol. The Morgan fingerprint density at radius 3 is 2.40 bits per heavy atom. The summed E-state index contributed by atoms with van der Waals surface area (Å²) < 4.78 is 0. The molecule has 0 unspecified atom stereocenters. The van der Waals surface area contributed by atoms with Crippen LogP contribution in [0, 0.1) is 0 Å². The molecule has 0 rings (SSSR count). The highest BCUT2D eigenvalue weighted by atomic mass is 35.5. The van der Waals surface area contributed by atoms with Gasteiger partial charge in [0.1, 0.15) is 6.61 Å². The van der Waals surface area contributed by atoms with Crippen molar-refractivity contribution in [3.05, 3.63) is 11.6 Å². The van der Waals surface area contributed by atoms with Crippen LogP contribution in [-0.2, 0) is 5.11 Å². The van der Waals surface area contributed by atoms with Crippen LogP contribution in [0.4, 0.5) is 0 Å². The Morgan fingerprint density at radius 1 is 1.80 bits per heavy atom. The van der Waals surface area contributed by atoms with Crippen LogP contribution >= 0.6 is 11.6 Å². The van der Waals surface area contributed by atoms with Gasteiger partial charge in [-0.3, -0.25) is 0 Å². The molecule has 0 fully saturated rings. The fourth-order valence-electron chi connectivity index (χ4n) is 0.0364. The lowest BCUT2D eigenvalue weighted by Gasteiger charge is -1.60. The quantitative estimate of drug-likeness (QED) is 0.462. The number of hydrogen-bond acceptors (Lipinski definition) is 0. The Balaban J connectivity index is 2.62. The lowest BCUT2D eigenvalue weighted by atomic mass is 10.7. The average molecular weight is 91.5 g/mol. The fourth-order valence-corrected chi connectivity index (χ4v) is 0.109. The van der Waals surface area contributed by atoms with Crippen molar-refractivity contribution >= 4 is 11.6 Å². The molecular weight excluding hydrogens is 87.5 g/mol. The van der Waals surface area contributed by atoms with Crippen molar-refractivity contribution in [2.75, 3.05) is 6.61 Å². The van der Waals surface area contributed by atoms with Gasteiger partial charge in [0.15, 0.2) is 0 Å². The molecule has 0 aliphatic heterocycles. The first-order valence-corrected chi connectivity index (χ1v) is 1.68. The molecule has 0 aromatic carbocycles. The van der Waals surface area contributed by atoms with Crippen LogP contribution < -0.4 is 0 Å². The normalized spacial score (nSPS) is 10.0. The van der Waals surface area contributed by atoms with Crippen LogP contribution in [0.2, 0.25) is 0 Å². The van der Waals surface area contributed by atoms with E-state index in [1.807, 2.05) is 0 Å². The van der Waals surface area contributed by atoms with Gasteiger partial charge in [-0.2, -0.15) is 0 Å². The summed E-state index contributed by atoms with van der Waals surface area (Å²) in [4.78, 5) is 0. The summed E-state index contributed by atoms with van der Waals surface area (Å²) in [5.74, 6) is 0. The minimum atomic E-state index is -0.219. The average Bonchev–Trinajstić information content (AvgIpc) is 1.41. The Labute approximate surface area is 35.9 Å². The minimum Gasteiger partial charge on any atom is -0.232 e. The second kappa shape index (κ2) is 3.99. The third-order valence-electron chi connectivity index (χ3n) is 0.185. The summed E-state index contributed by atoms with van der Waals surface area (Å²) in [5, 5.41) is 9.36. The zero-order chi connectivity index (χ0) is 4.12. The van der Waals surface area contributed by atoms with Crippen molar-refractivity contribution in [2.24, 2.45) is 0 Å². The largest absolute Gasteiger partial charge is 0.232 e. The molecule has 0 N–H and O–H groups in total. The summed E-state index contributed by atoms with van der Waals surface area (Å²) in [6, 6.07) is 0. The SMILES string of the molecule is [O]C/C=C/Cl. The first-order valence-electron chi connectivity index (χ1n) is 1.25. The second-order valence-corrected chi connectivity index (χ2v) is 0.780. The van der Waals surface area contributed by atoms with Crippen molar-refractivity contribution in [1.29, 1.82) is 0 Å². The maximum atomic E-state index is 9.36. The Bertz CT molecular complexity index is 33.9. The van der Waals surface area contributed by atoms with E-state index in [0.29, 0.717) is 0 Å². The third kappa shape index (κ3) is 3.99. The molecule has 0 atom stereocenters. The predicted molar refractivity (Wildman–Crippen MR) is 20.5 cm³/mol. The summed E-state index contributed by atoms with van der Waals surface area (Å²) in [5.41, 5.74) is 1.22. The molecule has 0 amide bonds. The van der Waals surface area contributed by atoms with E-state index in [0.717, 1.165) is 0 Å². The first kappa shape index (κ1) is 4.99. The van der Waals surface area contributed by atoms with E-state index in [2.05, 4.69) is 0 Å². The van der Waals surface area contributed by atoms with Crippen molar-refractivity contribution in [1.82, 2.24) is 0 Å². The number of rotatable bonds is 1. The van der Waals surface area contributed by atoms with Crippen LogP contribution in [-0.4, -0.2) is 6.61 Å². The smallest absolute Gasteiger partial charge is 0.102 e. The van der Waals surface area contributed by atoms with E-state index < -0.39 is 0 Å². The molecule has 0 heterocycles. The number of hydrogen-bond donors (Lipinski definition) is 0. The van der Waals surface area contributed by atoms with Crippen LogP contribution in [0.25, 0.3) is 0 Å². The summed E-state index contributed by atoms with van der Waals surface area (Å²) >= 11 is 4.92.